The smallest absolute Gasteiger partial charge is 0.157 e. The highest BCUT2D eigenvalue weighted by Gasteiger charge is 2.52. The van der Waals surface area contributed by atoms with Crippen molar-refractivity contribution < 1.29 is 13.9 Å². The fourth-order valence-corrected chi connectivity index (χ4v) is 5.71. The molecule has 1 aliphatic carbocycles. The molecule has 1 saturated carbocycles. The van der Waals surface area contributed by atoms with E-state index in [1.54, 1.807) is 31.3 Å². The highest BCUT2D eigenvalue weighted by atomic mass is 19.1. The van der Waals surface area contributed by atoms with Gasteiger partial charge in [0.05, 0.1) is 66.7 Å². The summed E-state index contributed by atoms with van der Waals surface area (Å²) >= 11 is 0. The predicted molar refractivity (Wildman–Crippen MR) is 152 cm³/mol. The van der Waals surface area contributed by atoms with Crippen LogP contribution in [-0.4, -0.2) is 67.4 Å². The number of hydrogen-bond acceptors (Lipinski definition) is 7. The van der Waals surface area contributed by atoms with E-state index in [0.29, 0.717) is 24.6 Å². The minimum atomic E-state index is -0.691. The largest absolute Gasteiger partial charge is 0.501 e. The number of hydrogen-bond donors (Lipinski definition) is 0. The molecule has 0 radical (unpaired) electrons. The van der Waals surface area contributed by atoms with E-state index in [9.17, 15) is 4.39 Å². The Morgan fingerprint density at radius 2 is 1.98 bits per heavy atom. The molecule has 40 heavy (non-hydrogen) atoms. The lowest BCUT2D eigenvalue weighted by Crippen LogP contribution is -2.41. The Hall–Kier alpha value is -3.60. The third kappa shape index (κ3) is 5.65. The Morgan fingerprint density at radius 3 is 2.60 bits per heavy atom. The van der Waals surface area contributed by atoms with Crippen LogP contribution in [0.4, 0.5) is 10.2 Å². The van der Waals surface area contributed by atoms with E-state index in [1.165, 1.54) is 0 Å². The molecule has 3 aromatic heterocycles. The van der Waals surface area contributed by atoms with Gasteiger partial charge in [-0.05, 0) is 39.3 Å². The van der Waals surface area contributed by atoms with E-state index in [4.69, 9.17) is 24.4 Å². The van der Waals surface area contributed by atoms with Crippen molar-refractivity contribution in [3.8, 4) is 11.3 Å². The Balaban J connectivity index is 1.55. The van der Waals surface area contributed by atoms with Gasteiger partial charge < -0.3 is 14.4 Å². The van der Waals surface area contributed by atoms with Gasteiger partial charge >= 0.3 is 0 Å². The molecule has 3 unspecified atom stereocenters. The number of aliphatic imine (C=N–C) groups is 1. The highest BCUT2D eigenvalue weighted by Crippen LogP contribution is 2.55. The Bertz CT molecular complexity index is 1430. The van der Waals surface area contributed by atoms with Crippen LogP contribution in [0, 0.1) is 5.92 Å². The third-order valence-electron chi connectivity index (χ3n) is 7.77. The monoisotopic (exact) mass is 550 g/mol. The second-order valence-electron chi connectivity index (χ2n) is 11.6. The maximum Gasteiger partial charge on any atom is 0.157 e. The van der Waals surface area contributed by atoms with Gasteiger partial charge in [0.15, 0.2) is 5.82 Å². The number of ether oxygens (including phenoxy) is 2. The molecule has 3 aromatic rings. The first-order valence-electron chi connectivity index (χ1n) is 13.6. The summed E-state index contributed by atoms with van der Waals surface area (Å²) < 4.78 is 28.1. The number of alkyl halides is 1. The number of aryl methyl sites for hydroxylation is 2. The summed E-state index contributed by atoms with van der Waals surface area (Å²) in [5.41, 5.74) is 2.55. The molecule has 0 N–H and O–H groups in total. The number of fused-ring (bicyclic) bond motifs is 3. The Kier molecular flexibility index (Phi) is 7.52. The van der Waals surface area contributed by atoms with Gasteiger partial charge in [0.25, 0.3) is 0 Å². The maximum atomic E-state index is 13.1. The molecule has 5 rings (SSSR count). The standard InChI is InChI=1S/C29H39FN8O2/c1-28(2,18-29(3,40-7)13-21(39-6)8-10-30)35-26-23-12-22(23)25-27(38(26)17-20-9-11-32-37(20)5)34-24(15-31-25)19-14-33-36(4)16-19/h9,11,13-16,22-23H,8,10,12,17-18H2,1-7H3. The lowest BCUT2D eigenvalue weighted by molar-refractivity contribution is 0.0230. The maximum absolute atomic E-state index is 13.1. The molecule has 3 atom stereocenters. The summed E-state index contributed by atoms with van der Waals surface area (Å²) in [7, 11) is 7.06. The van der Waals surface area contributed by atoms with E-state index in [1.807, 2.05) is 50.2 Å². The molecule has 10 nitrogen and oxygen atoms in total. The van der Waals surface area contributed by atoms with E-state index < -0.39 is 17.8 Å². The lowest BCUT2D eigenvalue weighted by atomic mass is 9.87. The van der Waals surface area contributed by atoms with Crippen LogP contribution in [0.25, 0.3) is 11.3 Å². The first kappa shape index (κ1) is 27.9. The number of methoxy groups -OCH3 is 2. The molecule has 1 aliphatic heterocycles. The number of amidine groups is 1. The number of halogens is 1. The molecule has 0 bridgehead atoms. The SMILES string of the molecule is COC(=CC(C)(CC(C)(C)N=C1C2CC2c2ncc(-c3cnn(C)c3)nc2N1Cc1ccnn1C)OC)CCF. The molecule has 11 heteroatoms. The molecule has 0 spiro atoms. The van der Waals surface area contributed by atoms with Crippen molar-refractivity contribution in [3.05, 3.63) is 54.1 Å². The number of allylic oxidation sites excluding steroid dienone is 1. The van der Waals surface area contributed by atoms with Crippen molar-refractivity contribution in [3.63, 3.8) is 0 Å². The summed E-state index contributed by atoms with van der Waals surface area (Å²) in [6.45, 7) is 6.29. The molecule has 4 heterocycles. The quantitative estimate of drug-likeness (QED) is 0.322. The summed E-state index contributed by atoms with van der Waals surface area (Å²) in [5.74, 6) is 2.96. The summed E-state index contributed by atoms with van der Waals surface area (Å²) in [4.78, 5) is 17.6. The number of nitrogens with zero attached hydrogens (tertiary/aromatic N) is 8. The van der Waals surface area contributed by atoms with Crippen molar-refractivity contribution in [1.82, 2.24) is 29.5 Å². The zero-order chi connectivity index (χ0) is 28.7. The van der Waals surface area contributed by atoms with Gasteiger partial charge in [-0.25, -0.2) is 4.98 Å². The molecular formula is C29H39FN8O2. The Morgan fingerprint density at radius 1 is 1.18 bits per heavy atom. The lowest BCUT2D eigenvalue weighted by Gasteiger charge is -2.36. The van der Waals surface area contributed by atoms with Crippen LogP contribution in [0.5, 0.6) is 0 Å². The molecule has 2 aliphatic rings. The van der Waals surface area contributed by atoms with Gasteiger partial charge in [0, 0.05) is 63.8 Å². The molecule has 1 fully saturated rings. The molecule has 0 aromatic carbocycles. The van der Waals surface area contributed by atoms with Crippen LogP contribution in [0.2, 0.25) is 0 Å². The van der Waals surface area contributed by atoms with Gasteiger partial charge in [-0.2, -0.15) is 10.2 Å². The van der Waals surface area contributed by atoms with Crippen molar-refractivity contribution in [1.29, 1.82) is 0 Å². The van der Waals surface area contributed by atoms with Crippen LogP contribution >= 0.6 is 0 Å². The fourth-order valence-electron chi connectivity index (χ4n) is 5.71. The fraction of sp³-hybridized carbons (Fsp3) is 0.552. The van der Waals surface area contributed by atoms with Crippen LogP contribution in [-0.2, 0) is 30.1 Å². The minimum Gasteiger partial charge on any atom is -0.501 e. The Labute approximate surface area is 234 Å². The summed E-state index contributed by atoms with van der Waals surface area (Å²) in [6, 6.07) is 2.02. The normalized spacial score (nSPS) is 21.2. The highest BCUT2D eigenvalue weighted by molar-refractivity contribution is 6.04. The first-order valence-corrected chi connectivity index (χ1v) is 13.6. The van der Waals surface area contributed by atoms with Crippen LogP contribution in [0.1, 0.15) is 57.3 Å². The number of rotatable bonds is 11. The third-order valence-corrected chi connectivity index (χ3v) is 7.77. The van der Waals surface area contributed by atoms with Gasteiger partial charge in [-0.3, -0.25) is 23.7 Å². The zero-order valence-electron chi connectivity index (χ0n) is 24.4. The molecule has 214 valence electrons. The summed E-state index contributed by atoms with van der Waals surface area (Å²) in [5, 5.41) is 8.70. The van der Waals surface area contributed by atoms with Crippen molar-refractivity contribution >= 4 is 11.7 Å². The molecule has 0 amide bonds. The zero-order valence-corrected chi connectivity index (χ0v) is 24.4. The number of aromatic nitrogens is 6. The average Bonchev–Trinajstić information content (AvgIpc) is 3.44. The molecule has 0 saturated heterocycles. The van der Waals surface area contributed by atoms with Gasteiger partial charge in [-0.15, -0.1) is 0 Å². The van der Waals surface area contributed by atoms with Crippen LogP contribution in [0.3, 0.4) is 0 Å². The second-order valence-corrected chi connectivity index (χ2v) is 11.6. The van der Waals surface area contributed by atoms with E-state index in [2.05, 4.69) is 28.9 Å². The van der Waals surface area contributed by atoms with Crippen molar-refractivity contribution in [2.75, 3.05) is 25.8 Å². The topological polar surface area (TPSA) is 95.5 Å². The minimum absolute atomic E-state index is 0.210. The van der Waals surface area contributed by atoms with E-state index in [0.717, 1.165) is 40.7 Å². The molecular weight excluding hydrogens is 511 g/mol. The van der Waals surface area contributed by atoms with E-state index >= 15 is 0 Å². The first-order chi connectivity index (χ1) is 19.1. The number of anilines is 1. The predicted octanol–water partition coefficient (Wildman–Crippen LogP) is 4.60. The van der Waals surface area contributed by atoms with Gasteiger partial charge in [0.2, 0.25) is 0 Å². The van der Waals surface area contributed by atoms with Gasteiger partial charge in [0.1, 0.15) is 5.84 Å². The summed E-state index contributed by atoms with van der Waals surface area (Å²) in [6.07, 6.45) is 11.0. The van der Waals surface area contributed by atoms with Crippen LogP contribution in [0.15, 0.2) is 47.7 Å². The van der Waals surface area contributed by atoms with Crippen LogP contribution < -0.4 is 4.90 Å². The second kappa shape index (κ2) is 10.8. The van der Waals surface area contributed by atoms with E-state index in [-0.39, 0.29) is 12.3 Å². The van der Waals surface area contributed by atoms with Gasteiger partial charge in [-0.1, -0.05) is 0 Å². The average molecular weight is 551 g/mol. The van der Waals surface area contributed by atoms with Crippen molar-refractivity contribution in [2.45, 2.75) is 63.6 Å². The van der Waals surface area contributed by atoms with Crippen molar-refractivity contribution in [2.24, 2.45) is 25.0 Å².